The zero-order valence-corrected chi connectivity index (χ0v) is 42.7. The molecule has 5 heterocycles. The Morgan fingerprint density at radius 1 is 0.392 bits per heavy atom. The molecule has 0 saturated carbocycles. The second kappa shape index (κ2) is 14.4. The molecule has 74 heavy (non-hydrogen) atoms. The lowest BCUT2D eigenvalue weighted by atomic mass is 9.33. The maximum absolute atomic E-state index is 2.77. The molecule has 0 fully saturated rings. The largest absolute Gasteiger partial charge is 0.310 e. The number of hydrogen-bond acceptors (Lipinski definition) is 0. The molecule has 4 aliphatic rings. The first-order valence-corrected chi connectivity index (χ1v) is 26.5. The van der Waals surface area contributed by atoms with Gasteiger partial charge in [-0.2, -0.15) is 0 Å². The van der Waals surface area contributed by atoms with E-state index in [0.717, 1.165) is 0 Å². The summed E-state index contributed by atoms with van der Waals surface area (Å²) in [6, 6.07) is 82.2. The third kappa shape index (κ3) is 5.12. The highest BCUT2D eigenvalue weighted by Gasteiger charge is 2.55. The topological polar surface area (TPSA) is 9.86 Å². The van der Waals surface area contributed by atoms with Crippen LogP contribution in [-0.2, 0) is 16.2 Å². The van der Waals surface area contributed by atoms with Crippen molar-refractivity contribution >= 4 is 55.8 Å². The Labute approximate surface area is 433 Å². The van der Waals surface area contributed by atoms with E-state index in [1.807, 2.05) is 0 Å². The van der Waals surface area contributed by atoms with Crippen LogP contribution in [0.1, 0.15) is 83.3 Å². The average Bonchev–Trinajstić information content (AvgIpc) is 4.07. The number of aromatic nitrogens is 2. The number of nitrogens with zero attached hydrogens (tertiary/aromatic N) is 2. The first kappa shape index (κ1) is 42.1. The van der Waals surface area contributed by atoms with Crippen molar-refractivity contribution in [3.63, 3.8) is 0 Å². The van der Waals surface area contributed by atoms with Gasteiger partial charge in [0.2, 0.25) is 0 Å². The highest BCUT2D eigenvalue weighted by atomic mass is 15.1. The van der Waals surface area contributed by atoms with Crippen LogP contribution in [0.15, 0.2) is 212 Å². The van der Waals surface area contributed by atoms with Crippen molar-refractivity contribution in [2.75, 3.05) is 0 Å². The van der Waals surface area contributed by atoms with Gasteiger partial charge in [-0.1, -0.05) is 233 Å². The van der Waals surface area contributed by atoms with Crippen molar-refractivity contribution in [2.24, 2.45) is 0 Å². The highest BCUT2D eigenvalue weighted by Crippen LogP contribution is 2.62. The molecule has 350 valence electrons. The van der Waals surface area contributed by atoms with Crippen LogP contribution in [0.3, 0.4) is 0 Å². The molecular weight excluding hydrogens is 892 g/mol. The highest BCUT2D eigenvalue weighted by molar-refractivity contribution is 7.00. The molecule has 12 aromatic rings. The minimum Gasteiger partial charge on any atom is -0.310 e. The summed E-state index contributed by atoms with van der Waals surface area (Å²) >= 11 is 0. The summed E-state index contributed by atoms with van der Waals surface area (Å²) in [5, 5.41) is 3.95. The third-order valence-corrected chi connectivity index (χ3v) is 18.4. The number of benzene rings is 10. The smallest absolute Gasteiger partial charge is 0.252 e. The van der Waals surface area contributed by atoms with Gasteiger partial charge in [0.15, 0.2) is 0 Å². The van der Waals surface area contributed by atoms with Crippen LogP contribution >= 0.6 is 0 Å². The van der Waals surface area contributed by atoms with Crippen LogP contribution in [0.4, 0.5) is 0 Å². The van der Waals surface area contributed by atoms with Crippen molar-refractivity contribution in [3.8, 4) is 44.9 Å². The average molecular weight is 945 g/mol. The molecule has 2 nitrogen and oxygen atoms in total. The summed E-state index contributed by atoms with van der Waals surface area (Å²) in [6.07, 6.45) is 0. The number of aryl methyl sites for hydroxylation is 2. The van der Waals surface area contributed by atoms with E-state index in [9.17, 15) is 0 Å². The van der Waals surface area contributed by atoms with E-state index >= 15 is 0 Å². The van der Waals surface area contributed by atoms with E-state index in [1.54, 1.807) is 0 Å². The Kier molecular flexibility index (Phi) is 8.22. The summed E-state index contributed by atoms with van der Waals surface area (Å²) < 4.78 is 5.45. The molecule has 3 aliphatic heterocycles. The predicted molar refractivity (Wildman–Crippen MR) is 311 cm³/mol. The first-order valence-electron chi connectivity index (χ1n) is 26.5. The third-order valence-electron chi connectivity index (χ3n) is 18.4. The Balaban J connectivity index is 1.14. The number of para-hydroxylation sites is 1. The minimum atomic E-state index is -0.604. The van der Waals surface area contributed by atoms with Crippen molar-refractivity contribution in [3.05, 3.63) is 268 Å². The van der Waals surface area contributed by atoms with Gasteiger partial charge >= 0.3 is 0 Å². The lowest BCUT2D eigenvalue weighted by molar-refractivity contribution is 0.637. The van der Waals surface area contributed by atoms with E-state index in [4.69, 9.17) is 0 Å². The summed E-state index contributed by atoms with van der Waals surface area (Å²) in [7, 11) is 0. The number of fused-ring (bicyclic) bond motifs is 11. The van der Waals surface area contributed by atoms with Crippen molar-refractivity contribution in [1.82, 2.24) is 9.13 Å². The van der Waals surface area contributed by atoms with Gasteiger partial charge in [0.1, 0.15) is 0 Å². The van der Waals surface area contributed by atoms with Crippen LogP contribution in [0.25, 0.3) is 77.6 Å². The molecule has 16 rings (SSSR count). The van der Waals surface area contributed by atoms with Crippen molar-refractivity contribution in [2.45, 2.75) is 57.8 Å². The van der Waals surface area contributed by atoms with Crippen LogP contribution in [0.2, 0.25) is 0 Å². The molecule has 0 bridgehead atoms. The van der Waals surface area contributed by atoms with E-state index in [2.05, 4.69) is 263 Å². The quantitative estimate of drug-likeness (QED) is 0.147. The molecule has 0 atom stereocenters. The lowest BCUT2D eigenvalue weighted by Crippen LogP contribution is -2.60. The van der Waals surface area contributed by atoms with Gasteiger partial charge in [-0.05, 0) is 115 Å². The zero-order chi connectivity index (χ0) is 49.6. The minimum absolute atomic E-state index is 0.0423. The van der Waals surface area contributed by atoms with Crippen molar-refractivity contribution in [1.29, 1.82) is 0 Å². The number of rotatable bonds is 6. The number of hydrogen-bond donors (Lipinski definition) is 0. The predicted octanol–water partition coefficient (Wildman–Crippen LogP) is 15.1. The van der Waals surface area contributed by atoms with Gasteiger partial charge < -0.3 is 9.13 Å². The normalized spacial score (nSPS) is 14.2. The summed E-state index contributed by atoms with van der Waals surface area (Å²) in [5.74, 6) is 0. The molecule has 0 N–H and O–H groups in total. The van der Waals surface area contributed by atoms with Crippen LogP contribution in [0, 0.1) is 13.8 Å². The summed E-state index contributed by atoms with van der Waals surface area (Å²) in [5.41, 5.74) is 30.4. The maximum Gasteiger partial charge on any atom is 0.252 e. The molecule has 0 amide bonds. The summed E-state index contributed by atoms with van der Waals surface area (Å²) in [4.78, 5) is 0. The van der Waals surface area contributed by atoms with Crippen molar-refractivity contribution < 1.29 is 0 Å². The second-order valence-electron chi connectivity index (χ2n) is 22.9. The van der Waals surface area contributed by atoms with Gasteiger partial charge in [-0.15, -0.1) is 0 Å². The summed E-state index contributed by atoms with van der Waals surface area (Å²) in [6.45, 7) is 14.1. The van der Waals surface area contributed by atoms with E-state index in [-0.39, 0.29) is 17.5 Å². The second-order valence-corrected chi connectivity index (χ2v) is 22.9. The van der Waals surface area contributed by atoms with Gasteiger partial charge in [0.05, 0.1) is 16.6 Å². The van der Waals surface area contributed by atoms with Gasteiger partial charge in [-0.25, -0.2) is 0 Å². The molecule has 2 aromatic heterocycles. The Hall–Kier alpha value is -8.40. The van der Waals surface area contributed by atoms with Crippen LogP contribution in [0.5, 0.6) is 0 Å². The lowest BCUT2D eigenvalue weighted by Gasteiger charge is -2.44. The molecule has 3 heteroatoms. The van der Waals surface area contributed by atoms with E-state index in [0.29, 0.717) is 0 Å². The van der Waals surface area contributed by atoms with Gasteiger partial charge in [0.25, 0.3) is 6.71 Å². The zero-order valence-electron chi connectivity index (χ0n) is 42.7. The molecule has 0 radical (unpaired) electrons. The molecule has 0 unspecified atom stereocenters. The van der Waals surface area contributed by atoms with Crippen LogP contribution < -0.4 is 16.4 Å². The molecule has 10 aromatic carbocycles. The molecular formula is C71H53BN2. The SMILES string of the molecule is Cc1ccc(-c2c(-c3ccc(C)cc3)n3c4c(cccc24)B2c4c-3ccc3c4-n4c5c2cc(C(C)(C)c2ccccc2)cc5c2cc(C(C)(C)c5ccccc5)cc(c24)C32c3ccccc3-c3ccccc32)cc1. The Morgan fingerprint density at radius 3 is 1.55 bits per heavy atom. The molecule has 1 spiro atoms. The standard InChI is InChI=1S/C71H53BN2/c1-42-28-32-44(33-29-42)62-52-24-17-27-59-66(52)73(64(62)45-34-30-43(2)31-35-45)61-37-36-57-68-63(61)72(59)60-41-49(70(5,6)47-20-11-8-12-21-47)39-54-53-38-48(69(3,4)46-18-9-7-10-19-46)40-58(65(53)74(68)67(54)60)71(57)55-25-15-13-22-50(55)51-23-14-16-26-56(51)71/h7-41H,1-6H3. The first-order chi connectivity index (χ1) is 36.1. The fourth-order valence-corrected chi connectivity index (χ4v) is 14.7. The monoisotopic (exact) mass is 944 g/mol. The maximum atomic E-state index is 2.77. The Morgan fingerprint density at radius 2 is 0.932 bits per heavy atom. The fourth-order valence-electron chi connectivity index (χ4n) is 14.7. The van der Waals surface area contributed by atoms with E-state index < -0.39 is 5.41 Å². The fraction of sp³-hybridized carbons (Fsp3) is 0.127. The van der Waals surface area contributed by atoms with E-state index in [1.165, 1.54) is 150 Å². The molecule has 1 aliphatic carbocycles. The van der Waals surface area contributed by atoms with Gasteiger partial charge in [-0.3, -0.25) is 0 Å². The molecule has 0 saturated heterocycles. The van der Waals surface area contributed by atoms with Gasteiger partial charge in [0, 0.05) is 55.0 Å². The van der Waals surface area contributed by atoms with Crippen LogP contribution in [-0.4, -0.2) is 15.8 Å². The Bertz CT molecular complexity index is 4370.